The third kappa shape index (κ3) is 3.52. The van der Waals surface area contributed by atoms with Crippen LogP contribution in [0, 0.1) is 0 Å². The fraction of sp³-hybridized carbons (Fsp3) is 0.211. The van der Waals surface area contributed by atoms with Gasteiger partial charge in [-0.2, -0.15) is 5.10 Å². The van der Waals surface area contributed by atoms with Crippen molar-refractivity contribution >= 4 is 5.91 Å². The number of aromatic nitrogens is 3. The Kier molecular flexibility index (Phi) is 4.16. The SMILES string of the molecule is O=C(Cc1ccc2c(c1)CCO2)NCc1ccc(-n2cccn2)nc1. The van der Waals surface area contributed by atoms with Gasteiger partial charge in [0.1, 0.15) is 5.75 Å². The van der Waals surface area contributed by atoms with Crippen LogP contribution in [0.4, 0.5) is 0 Å². The van der Waals surface area contributed by atoms with E-state index in [4.69, 9.17) is 4.74 Å². The van der Waals surface area contributed by atoms with Crippen molar-refractivity contribution in [3.63, 3.8) is 0 Å². The predicted octanol–water partition coefficient (Wildman–Crippen LogP) is 2.06. The summed E-state index contributed by atoms with van der Waals surface area (Å²) in [4.78, 5) is 16.5. The summed E-state index contributed by atoms with van der Waals surface area (Å²) in [6, 6.07) is 11.6. The Hall–Kier alpha value is -3.15. The molecule has 1 aliphatic rings. The molecule has 0 radical (unpaired) electrons. The first kappa shape index (κ1) is 15.4. The van der Waals surface area contributed by atoms with Gasteiger partial charge in [-0.15, -0.1) is 0 Å². The summed E-state index contributed by atoms with van der Waals surface area (Å²) in [6.45, 7) is 1.19. The van der Waals surface area contributed by atoms with Crippen LogP contribution in [-0.4, -0.2) is 27.3 Å². The van der Waals surface area contributed by atoms with Crippen LogP contribution in [0.1, 0.15) is 16.7 Å². The highest BCUT2D eigenvalue weighted by Gasteiger charge is 2.13. The highest BCUT2D eigenvalue weighted by atomic mass is 16.5. The molecule has 0 unspecified atom stereocenters. The van der Waals surface area contributed by atoms with Crippen molar-refractivity contribution in [3.05, 3.63) is 71.7 Å². The minimum Gasteiger partial charge on any atom is -0.493 e. The van der Waals surface area contributed by atoms with E-state index in [0.717, 1.165) is 35.7 Å². The molecule has 1 amide bonds. The highest BCUT2D eigenvalue weighted by molar-refractivity contribution is 5.78. The summed E-state index contributed by atoms with van der Waals surface area (Å²) >= 11 is 0. The third-order valence-electron chi connectivity index (χ3n) is 4.16. The molecule has 3 heterocycles. The Morgan fingerprint density at radius 1 is 1.24 bits per heavy atom. The molecule has 25 heavy (non-hydrogen) atoms. The number of fused-ring (bicyclic) bond motifs is 1. The number of hydrogen-bond acceptors (Lipinski definition) is 4. The van der Waals surface area contributed by atoms with Crippen LogP contribution >= 0.6 is 0 Å². The Labute approximate surface area is 145 Å². The zero-order valence-corrected chi connectivity index (χ0v) is 13.7. The van der Waals surface area contributed by atoms with E-state index in [1.54, 1.807) is 17.1 Å². The lowest BCUT2D eigenvalue weighted by atomic mass is 10.1. The number of hydrogen-bond donors (Lipinski definition) is 1. The van der Waals surface area contributed by atoms with Crippen molar-refractivity contribution in [2.75, 3.05) is 6.61 Å². The number of benzene rings is 1. The summed E-state index contributed by atoms with van der Waals surface area (Å²) in [5.41, 5.74) is 3.14. The zero-order chi connectivity index (χ0) is 17.1. The van der Waals surface area contributed by atoms with Crippen molar-refractivity contribution in [2.24, 2.45) is 0 Å². The molecule has 126 valence electrons. The minimum absolute atomic E-state index is 0.00461. The zero-order valence-electron chi connectivity index (χ0n) is 13.7. The van der Waals surface area contributed by atoms with Gasteiger partial charge in [-0.1, -0.05) is 18.2 Å². The van der Waals surface area contributed by atoms with E-state index < -0.39 is 0 Å². The van der Waals surface area contributed by atoms with Gasteiger partial charge >= 0.3 is 0 Å². The maximum Gasteiger partial charge on any atom is 0.224 e. The van der Waals surface area contributed by atoms with E-state index in [9.17, 15) is 4.79 Å². The molecule has 0 spiro atoms. The van der Waals surface area contributed by atoms with E-state index in [0.29, 0.717) is 13.0 Å². The van der Waals surface area contributed by atoms with Crippen LogP contribution in [0.25, 0.3) is 5.82 Å². The van der Waals surface area contributed by atoms with Gasteiger partial charge in [0.25, 0.3) is 0 Å². The molecule has 0 saturated carbocycles. The Morgan fingerprint density at radius 3 is 2.96 bits per heavy atom. The van der Waals surface area contributed by atoms with Crippen molar-refractivity contribution in [1.82, 2.24) is 20.1 Å². The maximum atomic E-state index is 12.2. The van der Waals surface area contributed by atoms with Gasteiger partial charge in [0.05, 0.1) is 13.0 Å². The van der Waals surface area contributed by atoms with E-state index in [1.165, 1.54) is 5.56 Å². The molecule has 6 nitrogen and oxygen atoms in total. The molecule has 1 aliphatic heterocycles. The molecular weight excluding hydrogens is 316 g/mol. The fourth-order valence-electron chi connectivity index (χ4n) is 2.86. The quantitative estimate of drug-likeness (QED) is 0.775. The van der Waals surface area contributed by atoms with Crippen molar-refractivity contribution in [3.8, 4) is 11.6 Å². The monoisotopic (exact) mass is 334 g/mol. The molecule has 0 aliphatic carbocycles. The molecule has 0 bridgehead atoms. The lowest BCUT2D eigenvalue weighted by Crippen LogP contribution is -2.24. The number of carbonyl (C=O) groups excluding carboxylic acids is 1. The Morgan fingerprint density at radius 2 is 2.16 bits per heavy atom. The first-order valence-electron chi connectivity index (χ1n) is 8.24. The fourth-order valence-corrected chi connectivity index (χ4v) is 2.86. The van der Waals surface area contributed by atoms with Crippen LogP contribution in [0.15, 0.2) is 55.0 Å². The van der Waals surface area contributed by atoms with Crippen molar-refractivity contribution in [2.45, 2.75) is 19.4 Å². The highest BCUT2D eigenvalue weighted by Crippen LogP contribution is 2.25. The summed E-state index contributed by atoms with van der Waals surface area (Å²) in [7, 11) is 0. The summed E-state index contributed by atoms with van der Waals surface area (Å²) in [5, 5.41) is 7.07. The lowest BCUT2D eigenvalue weighted by Gasteiger charge is -2.07. The van der Waals surface area contributed by atoms with E-state index >= 15 is 0 Å². The second kappa shape index (κ2) is 6.76. The van der Waals surface area contributed by atoms with Crippen LogP contribution < -0.4 is 10.1 Å². The molecule has 3 aromatic rings. The predicted molar refractivity (Wildman–Crippen MR) is 92.6 cm³/mol. The number of amides is 1. The molecule has 6 heteroatoms. The van der Waals surface area contributed by atoms with E-state index in [1.807, 2.05) is 36.5 Å². The largest absolute Gasteiger partial charge is 0.493 e. The molecule has 4 rings (SSSR count). The molecule has 0 fully saturated rings. The van der Waals surface area contributed by atoms with Gasteiger partial charge < -0.3 is 10.1 Å². The molecule has 1 aromatic carbocycles. The third-order valence-corrected chi connectivity index (χ3v) is 4.16. The Balaban J connectivity index is 1.32. The average Bonchev–Trinajstić information content (AvgIpc) is 3.32. The second-order valence-corrected chi connectivity index (χ2v) is 5.97. The number of ether oxygens (including phenoxy) is 1. The standard InChI is InChI=1S/C19H18N4O2/c24-19(11-14-2-4-17-16(10-14)6-9-25-17)21-13-15-3-5-18(20-12-15)23-8-1-7-22-23/h1-5,7-8,10,12H,6,9,11,13H2,(H,21,24). The van der Waals surface area contributed by atoms with Crippen LogP contribution in [0.3, 0.4) is 0 Å². The number of rotatable bonds is 5. The molecule has 0 atom stereocenters. The summed E-state index contributed by atoms with van der Waals surface area (Å²) < 4.78 is 7.18. The minimum atomic E-state index is -0.00461. The van der Waals surface area contributed by atoms with Crippen LogP contribution in [0.2, 0.25) is 0 Å². The van der Waals surface area contributed by atoms with Crippen molar-refractivity contribution < 1.29 is 9.53 Å². The second-order valence-electron chi connectivity index (χ2n) is 5.97. The van der Waals surface area contributed by atoms with Crippen LogP contribution in [0.5, 0.6) is 5.75 Å². The Bertz CT molecular complexity index is 873. The van der Waals surface area contributed by atoms with Gasteiger partial charge in [-0.25, -0.2) is 9.67 Å². The van der Waals surface area contributed by atoms with Crippen molar-refractivity contribution in [1.29, 1.82) is 0 Å². The lowest BCUT2D eigenvalue weighted by molar-refractivity contribution is -0.120. The topological polar surface area (TPSA) is 69.0 Å². The van der Waals surface area contributed by atoms with E-state index in [-0.39, 0.29) is 5.91 Å². The smallest absolute Gasteiger partial charge is 0.224 e. The number of carbonyl (C=O) groups is 1. The first-order valence-corrected chi connectivity index (χ1v) is 8.24. The molecule has 1 N–H and O–H groups in total. The van der Waals surface area contributed by atoms with Gasteiger partial charge in [0.2, 0.25) is 5.91 Å². The first-order chi connectivity index (χ1) is 12.3. The average molecular weight is 334 g/mol. The molecular formula is C19H18N4O2. The van der Waals surface area contributed by atoms with Gasteiger partial charge in [0.15, 0.2) is 5.82 Å². The molecule has 0 saturated heterocycles. The van der Waals surface area contributed by atoms with Gasteiger partial charge in [-0.3, -0.25) is 4.79 Å². The van der Waals surface area contributed by atoms with E-state index in [2.05, 4.69) is 21.5 Å². The van der Waals surface area contributed by atoms with Crippen LogP contribution in [-0.2, 0) is 24.2 Å². The summed E-state index contributed by atoms with van der Waals surface area (Å²) in [5.74, 6) is 1.68. The number of nitrogens with zero attached hydrogens (tertiary/aromatic N) is 3. The van der Waals surface area contributed by atoms with Gasteiger partial charge in [0, 0.05) is 31.6 Å². The summed E-state index contributed by atoms with van der Waals surface area (Å²) in [6.07, 6.45) is 6.58. The molecule has 2 aromatic heterocycles. The van der Waals surface area contributed by atoms with Gasteiger partial charge in [-0.05, 0) is 34.9 Å². The normalized spacial score (nSPS) is 12.5. The number of pyridine rings is 1. The maximum absolute atomic E-state index is 12.2. The number of nitrogens with one attached hydrogen (secondary N) is 1.